The van der Waals surface area contributed by atoms with Crippen molar-refractivity contribution in [3.63, 3.8) is 0 Å². The smallest absolute Gasteiger partial charge is 0.245 e. The molecular formula is C33H48N4O7S. The third-order valence-corrected chi connectivity index (χ3v) is 9.99. The minimum absolute atomic E-state index is 0.00790. The zero-order valence-electron chi connectivity index (χ0n) is 26.9. The predicted octanol–water partition coefficient (Wildman–Crippen LogP) is 3.13. The van der Waals surface area contributed by atoms with Gasteiger partial charge in [-0.05, 0) is 55.0 Å². The van der Waals surface area contributed by atoms with Crippen LogP contribution in [-0.4, -0.2) is 86.3 Å². The van der Waals surface area contributed by atoms with Gasteiger partial charge in [0.05, 0.1) is 11.4 Å². The average Bonchev–Trinajstić information content (AvgIpc) is 3.67. The molecule has 12 heteroatoms. The van der Waals surface area contributed by atoms with Crippen LogP contribution in [0.1, 0.15) is 58.9 Å². The molecule has 1 atom stereocenters. The highest BCUT2D eigenvalue weighted by molar-refractivity contribution is 7.89. The second kappa shape index (κ2) is 14.9. The summed E-state index contributed by atoms with van der Waals surface area (Å²) in [6.07, 6.45) is 2.35. The van der Waals surface area contributed by atoms with Crippen molar-refractivity contribution in [2.75, 3.05) is 46.1 Å². The SMILES string of the molecule is CC(C)CN(C(O)(CCNC(=O)CC(C)(C)CNC(=O)CN1CCCC1)Cc1ccccc1)S(=O)(=O)c1ccc2c(c1)OCO2. The van der Waals surface area contributed by atoms with Crippen LogP contribution >= 0.6 is 0 Å². The number of ether oxygens (including phenoxy) is 2. The molecule has 1 saturated heterocycles. The van der Waals surface area contributed by atoms with E-state index in [9.17, 15) is 23.1 Å². The quantitative estimate of drug-likeness (QED) is 0.237. The van der Waals surface area contributed by atoms with E-state index in [0.29, 0.717) is 24.6 Å². The molecule has 2 amide bonds. The fourth-order valence-corrected chi connectivity index (χ4v) is 7.56. The Hall–Kier alpha value is -3.19. The van der Waals surface area contributed by atoms with Crippen molar-refractivity contribution < 1.29 is 32.6 Å². The maximum Gasteiger partial charge on any atom is 0.245 e. The van der Waals surface area contributed by atoms with E-state index in [1.165, 1.54) is 12.1 Å². The Labute approximate surface area is 267 Å². The monoisotopic (exact) mass is 644 g/mol. The molecule has 2 aromatic carbocycles. The Balaban J connectivity index is 1.46. The molecule has 0 aliphatic carbocycles. The van der Waals surface area contributed by atoms with Gasteiger partial charge in [-0.1, -0.05) is 58.0 Å². The fraction of sp³-hybridized carbons (Fsp3) is 0.576. The Morgan fingerprint density at radius 3 is 2.38 bits per heavy atom. The summed E-state index contributed by atoms with van der Waals surface area (Å²) in [5.41, 5.74) is -1.60. The average molecular weight is 645 g/mol. The molecule has 4 rings (SSSR count). The molecule has 0 spiro atoms. The predicted molar refractivity (Wildman–Crippen MR) is 171 cm³/mol. The number of sulfonamides is 1. The molecule has 0 bridgehead atoms. The number of rotatable bonds is 16. The Morgan fingerprint density at radius 2 is 1.69 bits per heavy atom. The highest BCUT2D eigenvalue weighted by Gasteiger charge is 2.43. The van der Waals surface area contributed by atoms with E-state index in [2.05, 4.69) is 15.5 Å². The molecular weight excluding hydrogens is 596 g/mol. The summed E-state index contributed by atoms with van der Waals surface area (Å²) in [4.78, 5) is 27.5. The summed E-state index contributed by atoms with van der Waals surface area (Å²) >= 11 is 0. The van der Waals surface area contributed by atoms with Crippen LogP contribution in [0.3, 0.4) is 0 Å². The number of fused-ring (bicyclic) bond motifs is 1. The van der Waals surface area contributed by atoms with Crippen LogP contribution in [0.5, 0.6) is 11.5 Å². The van der Waals surface area contributed by atoms with E-state index in [4.69, 9.17) is 9.47 Å². The number of hydrogen-bond donors (Lipinski definition) is 3. The Morgan fingerprint density at radius 1 is 1.00 bits per heavy atom. The van der Waals surface area contributed by atoms with Gasteiger partial charge in [0.15, 0.2) is 11.5 Å². The van der Waals surface area contributed by atoms with Crippen LogP contribution in [0.2, 0.25) is 0 Å². The number of carbonyl (C=O) groups is 2. The maximum absolute atomic E-state index is 14.2. The molecule has 11 nitrogen and oxygen atoms in total. The van der Waals surface area contributed by atoms with E-state index in [1.807, 2.05) is 58.0 Å². The fourth-order valence-electron chi connectivity index (χ4n) is 5.71. The van der Waals surface area contributed by atoms with Crippen LogP contribution in [0.4, 0.5) is 0 Å². The van der Waals surface area contributed by atoms with Crippen molar-refractivity contribution in [3.8, 4) is 11.5 Å². The van der Waals surface area contributed by atoms with Gasteiger partial charge in [0.25, 0.3) is 0 Å². The lowest BCUT2D eigenvalue weighted by Gasteiger charge is -2.40. The first-order valence-corrected chi connectivity index (χ1v) is 17.2. The van der Waals surface area contributed by atoms with Gasteiger partial charge in [0.1, 0.15) is 5.72 Å². The first-order valence-electron chi connectivity index (χ1n) is 15.7. The highest BCUT2D eigenvalue weighted by Crippen LogP contribution is 2.37. The molecule has 248 valence electrons. The number of amides is 2. The van der Waals surface area contributed by atoms with Crippen LogP contribution in [0, 0.1) is 11.3 Å². The number of carbonyl (C=O) groups excluding carboxylic acids is 2. The minimum Gasteiger partial charge on any atom is -0.454 e. The van der Waals surface area contributed by atoms with Gasteiger partial charge >= 0.3 is 0 Å². The number of hydrogen-bond acceptors (Lipinski definition) is 8. The molecule has 2 aliphatic heterocycles. The molecule has 0 aromatic heterocycles. The molecule has 45 heavy (non-hydrogen) atoms. The molecule has 2 heterocycles. The van der Waals surface area contributed by atoms with E-state index in [1.54, 1.807) is 6.07 Å². The first kappa shape index (κ1) is 34.7. The van der Waals surface area contributed by atoms with E-state index >= 15 is 0 Å². The van der Waals surface area contributed by atoms with Gasteiger partial charge in [-0.3, -0.25) is 14.5 Å². The van der Waals surface area contributed by atoms with Crippen molar-refractivity contribution in [2.24, 2.45) is 11.3 Å². The number of nitrogens with zero attached hydrogens (tertiary/aromatic N) is 2. The third kappa shape index (κ3) is 9.65. The zero-order valence-corrected chi connectivity index (χ0v) is 27.7. The number of benzene rings is 2. The van der Waals surface area contributed by atoms with Gasteiger partial charge in [-0.25, -0.2) is 8.42 Å². The molecule has 0 saturated carbocycles. The second-order valence-corrected chi connectivity index (χ2v) is 15.2. The highest BCUT2D eigenvalue weighted by atomic mass is 32.2. The van der Waals surface area contributed by atoms with Gasteiger partial charge in [-0.2, -0.15) is 4.31 Å². The lowest BCUT2D eigenvalue weighted by molar-refractivity contribution is -0.125. The lowest BCUT2D eigenvalue weighted by atomic mass is 9.88. The van der Waals surface area contributed by atoms with Gasteiger partial charge < -0.3 is 25.2 Å². The van der Waals surface area contributed by atoms with Crippen LogP contribution in [-0.2, 0) is 26.0 Å². The van der Waals surface area contributed by atoms with Crippen molar-refractivity contribution in [3.05, 3.63) is 54.1 Å². The first-order chi connectivity index (χ1) is 21.3. The number of likely N-dealkylation sites (tertiary alicyclic amines) is 1. The summed E-state index contributed by atoms with van der Waals surface area (Å²) < 4.78 is 40.3. The maximum atomic E-state index is 14.2. The molecule has 1 unspecified atom stereocenters. The topological polar surface area (TPSA) is 138 Å². The van der Waals surface area contributed by atoms with Crippen molar-refractivity contribution in [2.45, 2.75) is 70.4 Å². The normalized spacial score (nSPS) is 16.6. The molecule has 1 fully saturated rings. The van der Waals surface area contributed by atoms with Gasteiger partial charge in [0, 0.05) is 45.0 Å². The summed E-state index contributed by atoms with van der Waals surface area (Å²) in [5, 5.41) is 18.1. The molecule has 3 N–H and O–H groups in total. The molecule has 0 radical (unpaired) electrons. The van der Waals surface area contributed by atoms with Crippen LogP contribution in [0.25, 0.3) is 0 Å². The standard InChI is InChI=1S/C33H48N4O7S/c1-25(2)21-37(45(41,42)27-12-13-28-29(18-27)44-24-43-28)33(40,19-26-10-6-5-7-11-26)14-15-34-30(38)20-32(3,4)23-35-31(39)22-36-16-8-9-17-36/h5-7,10-13,18,25,40H,8-9,14-17,19-24H2,1-4H3,(H,34,38)(H,35,39). The van der Waals surface area contributed by atoms with E-state index in [-0.39, 0.29) is 61.8 Å². The van der Waals surface area contributed by atoms with Crippen molar-refractivity contribution in [1.29, 1.82) is 0 Å². The van der Waals surface area contributed by atoms with Gasteiger partial charge in [-0.15, -0.1) is 0 Å². The largest absolute Gasteiger partial charge is 0.454 e. The number of nitrogens with one attached hydrogen (secondary N) is 2. The zero-order chi connectivity index (χ0) is 32.7. The summed E-state index contributed by atoms with van der Waals surface area (Å²) in [7, 11) is -4.21. The van der Waals surface area contributed by atoms with Crippen LogP contribution in [0.15, 0.2) is 53.4 Å². The second-order valence-electron chi connectivity index (χ2n) is 13.3. The Kier molecular flexibility index (Phi) is 11.5. The minimum atomic E-state index is -4.21. The molecule has 2 aliphatic rings. The van der Waals surface area contributed by atoms with E-state index in [0.717, 1.165) is 35.8 Å². The summed E-state index contributed by atoms with van der Waals surface area (Å²) in [6, 6.07) is 13.6. The van der Waals surface area contributed by atoms with E-state index < -0.39 is 21.2 Å². The number of aliphatic hydroxyl groups is 1. The Bertz CT molecular complexity index is 1410. The lowest BCUT2D eigenvalue weighted by Crippen LogP contribution is -2.55. The van der Waals surface area contributed by atoms with Gasteiger partial charge in [0.2, 0.25) is 28.6 Å². The summed E-state index contributed by atoms with van der Waals surface area (Å²) in [6.45, 7) is 10.3. The van der Waals surface area contributed by atoms with Crippen molar-refractivity contribution >= 4 is 21.8 Å². The summed E-state index contributed by atoms with van der Waals surface area (Å²) in [5.74, 6) is 0.386. The van der Waals surface area contributed by atoms with Crippen LogP contribution < -0.4 is 20.1 Å². The molecule has 2 aromatic rings. The third-order valence-electron chi connectivity index (χ3n) is 8.07. The van der Waals surface area contributed by atoms with Crippen molar-refractivity contribution in [1.82, 2.24) is 19.8 Å².